The van der Waals surface area contributed by atoms with Gasteiger partial charge in [-0.25, -0.2) is 0 Å². The van der Waals surface area contributed by atoms with Crippen LogP contribution >= 0.6 is 0 Å². The quantitative estimate of drug-likeness (QED) is 0.582. The smallest absolute Gasteiger partial charge is 0.317 e. The Morgan fingerprint density at radius 3 is 3.12 bits per heavy atom. The minimum atomic E-state index is -0.310. The van der Waals surface area contributed by atoms with Crippen molar-refractivity contribution >= 4 is 16.9 Å². The largest absolute Gasteiger partial charge is 0.468 e. The highest BCUT2D eigenvalue weighted by Gasteiger charge is 1.95. The number of aromatic amines is 1. The zero-order valence-corrected chi connectivity index (χ0v) is 8.91. The van der Waals surface area contributed by atoms with Gasteiger partial charge >= 0.3 is 5.97 Å². The third-order valence-corrected chi connectivity index (χ3v) is 2.25. The molecule has 3 heteroatoms. The topological polar surface area (TPSA) is 42.1 Å². The molecule has 1 aromatic carbocycles. The summed E-state index contributed by atoms with van der Waals surface area (Å²) in [5.41, 5.74) is 1.98. The third-order valence-electron chi connectivity index (χ3n) is 2.25. The number of methoxy groups -OCH3 is 1. The van der Waals surface area contributed by atoms with E-state index < -0.39 is 0 Å². The first-order valence-corrected chi connectivity index (χ1v) is 4.92. The summed E-state index contributed by atoms with van der Waals surface area (Å²) in [4.78, 5) is 14.0. The molecule has 16 heavy (non-hydrogen) atoms. The van der Waals surface area contributed by atoms with E-state index >= 15 is 0 Å². The van der Waals surface area contributed by atoms with Gasteiger partial charge in [-0.3, -0.25) is 4.79 Å². The molecular formula is C13H11NO2. The van der Waals surface area contributed by atoms with E-state index in [9.17, 15) is 4.79 Å². The molecular weight excluding hydrogens is 202 g/mol. The lowest BCUT2D eigenvalue weighted by Gasteiger charge is -1.92. The first-order valence-electron chi connectivity index (χ1n) is 4.92. The minimum absolute atomic E-state index is 0.127. The first kappa shape index (κ1) is 10.3. The SMILES string of the molecule is COC(=O)CC#Cc1ccc2[nH]ccc2c1. The molecule has 0 saturated carbocycles. The van der Waals surface area contributed by atoms with Crippen molar-refractivity contribution in [3.63, 3.8) is 0 Å². The van der Waals surface area contributed by atoms with Crippen LogP contribution in [-0.2, 0) is 9.53 Å². The van der Waals surface area contributed by atoms with Crippen molar-refractivity contribution in [2.45, 2.75) is 6.42 Å². The highest BCUT2D eigenvalue weighted by molar-refractivity contribution is 5.81. The van der Waals surface area contributed by atoms with E-state index in [2.05, 4.69) is 21.6 Å². The number of ether oxygens (including phenoxy) is 1. The van der Waals surface area contributed by atoms with Gasteiger partial charge in [0.2, 0.25) is 0 Å². The van der Waals surface area contributed by atoms with Crippen molar-refractivity contribution in [2.24, 2.45) is 0 Å². The summed E-state index contributed by atoms with van der Waals surface area (Å²) in [6.07, 6.45) is 2.01. The van der Waals surface area contributed by atoms with Gasteiger partial charge in [-0.15, -0.1) is 0 Å². The number of benzene rings is 1. The maximum atomic E-state index is 10.8. The Labute approximate surface area is 93.4 Å². The summed E-state index contributed by atoms with van der Waals surface area (Å²) in [7, 11) is 1.36. The molecule has 1 heterocycles. The number of nitrogens with one attached hydrogen (secondary N) is 1. The van der Waals surface area contributed by atoms with Crippen LogP contribution in [0.2, 0.25) is 0 Å². The molecule has 0 saturated heterocycles. The Hall–Kier alpha value is -2.21. The molecule has 2 rings (SSSR count). The van der Waals surface area contributed by atoms with Crippen LogP contribution in [0.25, 0.3) is 10.9 Å². The van der Waals surface area contributed by atoms with Crippen LogP contribution in [0.5, 0.6) is 0 Å². The number of rotatable bonds is 1. The maximum absolute atomic E-state index is 10.8. The minimum Gasteiger partial charge on any atom is -0.468 e. The Morgan fingerprint density at radius 2 is 2.31 bits per heavy atom. The van der Waals surface area contributed by atoms with E-state index in [1.165, 1.54) is 7.11 Å². The molecule has 0 aliphatic rings. The third kappa shape index (κ3) is 2.23. The van der Waals surface area contributed by atoms with Gasteiger partial charge in [0.25, 0.3) is 0 Å². The summed E-state index contributed by atoms with van der Waals surface area (Å²) in [5, 5.41) is 1.12. The van der Waals surface area contributed by atoms with E-state index in [1.807, 2.05) is 30.5 Å². The van der Waals surface area contributed by atoms with Crippen molar-refractivity contribution in [3.8, 4) is 11.8 Å². The summed E-state index contributed by atoms with van der Waals surface area (Å²) in [5.74, 6) is 5.39. The van der Waals surface area contributed by atoms with E-state index in [1.54, 1.807) is 0 Å². The number of aromatic nitrogens is 1. The normalized spacial score (nSPS) is 9.56. The number of hydrogen-bond acceptors (Lipinski definition) is 2. The van der Waals surface area contributed by atoms with E-state index in [4.69, 9.17) is 0 Å². The average Bonchev–Trinajstić information content (AvgIpc) is 2.76. The molecule has 0 atom stereocenters. The Balaban J connectivity index is 2.17. The van der Waals surface area contributed by atoms with Crippen LogP contribution in [0.3, 0.4) is 0 Å². The van der Waals surface area contributed by atoms with Gasteiger partial charge in [0, 0.05) is 22.7 Å². The molecule has 0 bridgehead atoms. The predicted octanol–water partition coefficient (Wildman–Crippen LogP) is 2.08. The molecule has 0 aliphatic carbocycles. The first-order chi connectivity index (χ1) is 7.79. The van der Waals surface area contributed by atoms with E-state index in [-0.39, 0.29) is 12.4 Å². The number of carbonyl (C=O) groups is 1. The lowest BCUT2D eigenvalue weighted by atomic mass is 10.1. The van der Waals surface area contributed by atoms with Gasteiger partial charge in [-0.2, -0.15) is 0 Å². The fraction of sp³-hybridized carbons (Fsp3) is 0.154. The standard InChI is InChI=1S/C13H11NO2/c1-16-13(15)4-2-3-10-5-6-12-11(9-10)7-8-14-12/h5-9,14H,4H2,1H3. The lowest BCUT2D eigenvalue weighted by molar-refractivity contribution is -0.139. The van der Waals surface area contributed by atoms with E-state index in [0.717, 1.165) is 16.5 Å². The molecule has 0 aliphatic heterocycles. The van der Waals surface area contributed by atoms with Gasteiger partial charge in [-0.1, -0.05) is 11.8 Å². The Kier molecular flexibility index (Phi) is 2.93. The second-order valence-electron chi connectivity index (χ2n) is 3.33. The van der Waals surface area contributed by atoms with E-state index in [0.29, 0.717) is 0 Å². The number of hydrogen-bond donors (Lipinski definition) is 1. The molecule has 0 unspecified atom stereocenters. The van der Waals surface area contributed by atoms with Crippen LogP contribution in [0.4, 0.5) is 0 Å². The fourth-order valence-corrected chi connectivity index (χ4v) is 1.42. The van der Waals surface area contributed by atoms with Gasteiger partial charge in [0.05, 0.1) is 7.11 Å². The van der Waals surface area contributed by atoms with Gasteiger partial charge in [0.1, 0.15) is 6.42 Å². The van der Waals surface area contributed by atoms with Crippen molar-refractivity contribution in [2.75, 3.05) is 7.11 Å². The van der Waals surface area contributed by atoms with Crippen LogP contribution in [0, 0.1) is 11.8 Å². The summed E-state index contributed by atoms with van der Waals surface area (Å²) in [6.45, 7) is 0. The molecule has 80 valence electrons. The number of carbonyl (C=O) groups excluding carboxylic acids is 1. The van der Waals surface area contributed by atoms with Crippen LogP contribution < -0.4 is 0 Å². The van der Waals surface area contributed by atoms with Gasteiger partial charge in [0.15, 0.2) is 0 Å². The number of esters is 1. The summed E-state index contributed by atoms with van der Waals surface area (Å²) < 4.78 is 4.50. The Bertz CT molecular complexity index is 572. The molecule has 0 spiro atoms. The van der Waals surface area contributed by atoms with Crippen molar-refractivity contribution in [3.05, 3.63) is 36.0 Å². The molecule has 1 aromatic heterocycles. The predicted molar refractivity (Wildman–Crippen MR) is 61.8 cm³/mol. The highest BCUT2D eigenvalue weighted by Crippen LogP contribution is 2.13. The monoisotopic (exact) mass is 213 g/mol. The summed E-state index contributed by atoms with van der Waals surface area (Å²) in [6, 6.07) is 7.86. The fourth-order valence-electron chi connectivity index (χ4n) is 1.42. The average molecular weight is 213 g/mol. The second-order valence-corrected chi connectivity index (χ2v) is 3.33. The zero-order valence-electron chi connectivity index (χ0n) is 8.91. The lowest BCUT2D eigenvalue weighted by Crippen LogP contribution is -1.96. The second kappa shape index (κ2) is 4.54. The maximum Gasteiger partial charge on any atom is 0.317 e. The van der Waals surface area contributed by atoms with Gasteiger partial charge in [-0.05, 0) is 24.3 Å². The molecule has 0 amide bonds. The zero-order chi connectivity index (χ0) is 11.4. The van der Waals surface area contributed by atoms with Crippen molar-refractivity contribution in [1.82, 2.24) is 4.98 Å². The van der Waals surface area contributed by atoms with Crippen LogP contribution in [-0.4, -0.2) is 18.1 Å². The molecule has 2 aromatic rings. The molecule has 3 nitrogen and oxygen atoms in total. The Morgan fingerprint density at radius 1 is 1.44 bits per heavy atom. The number of H-pyrrole nitrogens is 1. The number of fused-ring (bicyclic) bond motifs is 1. The summed E-state index contributed by atoms with van der Waals surface area (Å²) >= 11 is 0. The van der Waals surface area contributed by atoms with Crippen LogP contribution in [0.15, 0.2) is 30.5 Å². The van der Waals surface area contributed by atoms with Crippen LogP contribution in [0.1, 0.15) is 12.0 Å². The molecule has 0 radical (unpaired) electrons. The van der Waals surface area contributed by atoms with Crippen molar-refractivity contribution in [1.29, 1.82) is 0 Å². The van der Waals surface area contributed by atoms with Gasteiger partial charge < -0.3 is 9.72 Å². The molecule has 0 fully saturated rings. The van der Waals surface area contributed by atoms with Crippen molar-refractivity contribution < 1.29 is 9.53 Å². The molecule has 1 N–H and O–H groups in total. The highest BCUT2D eigenvalue weighted by atomic mass is 16.5.